The molecule has 4 rings (SSSR count). The first-order valence-corrected chi connectivity index (χ1v) is 9.40. The van der Waals surface area contributed by atoms with E-state index in [1.165, 1.54) is 0 Å². The van der Waals surface area contributed by atoms with Gasteiger partial charge >= 0.3 is 0 Å². The SMILES string of the molecule is COC1(Cl)NC(c2ncc[nH]2)N(Cc2ccccc2)C1(Cl)c1ccccc1. The van der Waals surface area contributed by atoms with Gasteiger partial charge in [-0.1, -0.05) is 83.9 Å². The summed E-state index contributed by atoms with van der Waals surface area (Å²) in [5.41, 5.74) is 1.94. The van der Waals surface area contributed by atoms with Crippen LogP contribution in [0.5, 0.6) is 0 Å². The number of rotatable bonds is 5. The van der Waals surface area contributed by atoms with Gasteiger partial charge in [0.25, 0.3) is 0 Å². The zero-order valence-electron chi connectivity index (χ0n) is 14.8. The number of benzene rings is 2. The average Bonchev–Trinajstić information content (AvgIpc) is 3.32. The minimum absolute atomic E-state index is 0.365. The molecule has 0 aliphatic carbocycles. The van der Waals surface area contributed by atoms with Gasteiger partial charge in [-0.3, -0.25) is 5.32 Å². The number of hydrogen-bond acceptors (Lipinski definition) is 4. The summed E-state index contributed by atoms with van der Waals surface area (Å²) in [5.74, 6) is 0.714. The Balaban J connectivity index is 1.85. The molecule has 27 heavy (non-hydrogen) atoms. The van der Waals surface area contributed by atoms with Crippen LogP contribution in [0.25, 0.3) is 0 Å². The summed E-state index contributed by atoms with van der Waals surface area (Å²) in [5, 5.41) is 1.96. The zero-order valence-corrected chi connectivity index (χ0v) is 16.3. The maximum absolute atomic E-state index is 7.30. The van der Waals surface area contributed by atoms with E-state index in [0.717, 1.165) is 11.1 Å². The van der Waals surface area contributed by atoms with E-state index in [2.05, 4.69) is 32.3 Å². The van der Waals surface area contributed by atoms with E-state index >= 15 is 0 Å². The number of alkyl halides is 2. The van der Waals surface area contributed by atoms with Gasteiger partial charge in [0, 0.05) is 26.0 Å². The van der Waals surface area contributed by atoms with Crippen LogP contribution in [0.1, 0.15) is 23.1 Å². The van der Waals surface area contributed by atoms with Crippen molar-refractivity contribution in [3.63, 3.8) is 0 Å². The lowest BCUT2D eigenvalue weighted by Gasteiger charge is -2.40. The normalized spacial score (nSPS) is 28.5. The minimum atomic E-state index is -1.36. The first-order chi connectivity index (χ1) is 13.1. The molecule has 3 unspecified atom stereocenters. The summed E-state index contributed by atoms with van der Waals surface area (Å²) in [7, 11) is 1.55. The molecule has 7 heteroatoms. The number of methoxy groups -OCH3 is 1. The molecule has 5 nitrogen and oxygen atoms in total. The third-order valence-electron chi connectivity index (χ3n) is 4.87. The van der Waals surface area contributed by atoms with E-state index in [4.69, 9.17) is 27.9 Å². The van der Waals surface area contributed by atoms with E-state index in [0.29, 0.717) is 12.4 Å². The van der Waals surface area contributed by atoms with E-state index < -0.39 is 10.2 Å². The summed E-state index contributed by atoms with van der Waals surface area (Å²) in [6, 6.07) is 19.8. The molecule has 1 aromatic heterocycles. The lowest BCUT2D eigenvalue weighted by molar-refractivity contribution is -0.00602. The van der Waals surface area contributed by atoms with Crippen molar-refractivity contribution in [2.45, 2.75) is 22.9 Å². The highest BCUT2D eigenvalue weighted by atomic mass is 35.5. The molecule has 1 fully saturated rings. The fourth-order valence-corrected chi connectivity index (χ4v) is 4.28. The fourth-order valence-electron chi connectivity index (χ4n) is 3.54. The van der Waals surface area contributed by atoms with Gasteiger partial charge in [0.05, 0.1) is 0 Å². The molecule has 0 spiro atoms. The predicted molar refractivity (Wildman–Crippen MR) is 106 cm³/mol. The summed E-state index contributed by atoms with van der Waals surface area (Å²) in [4.78, 5) is 8.47. The second-order valence-corrected chi connectivity index (χ2v) is 7.50. The van der Waals surface area contributed by atoms with Crippen LogP contribution in [0.4, 0.5) is 0 Å². The molecule has 1 aliphatic heterocycles. The molecule has 3 aromatic rings. The second kappa shape index (κ2) is 7.26. The highest BCUT2D eigenvalue weighted by Crippen LogP contribution is 2.54. The van der Waals surface area contributed by atoms with Crippen molar-refractivity contribution < 1.29 is 4.74 Å². The number of halogens is 2. The van der Waals surface area contributed by atoms with Gasteiger partial charge < -0.3 is 9.72 Å². The van der Waals surface area contributed by atoms with Crippen LogP contribution in [-0.2, 0) is 16.3 Å². The van der Waals surface area contributed by atoms with Crippen LogP contribution in [0.15, 0.2) is 73.1 Å². The van der Waals surface area contributed by atoms with Crippen molar-refractivity contribution in [1.82, 2.24) is 20.2 Å². The average molecular weight is 403 g/mol. The molecule has 2 aromatic carbocycles. The van der Waals surface area contributed by atoms with Crippen LogP contribution < -0.4 is 5.32 Å². The van der Waals surface area contributed by atoms with Crippen molar-refractivity contribution in [3.8, 4) is 0 Å². The lowest BCUT2D eigenvalue weighted by Crippen LogP contribution is -2.52. The number of nitrogens with zero attached hydrogens (tertiary/aromatic N) is 2. The van der Waals surface area contributed by atoms with Gasteiger partial charge in [0.1, 0.15) is 12.0 Å². The molecule has 3 atom stereocenters. The molecule has 1 aliphatic rings. The Morgan fingerprint density at radius 2 is 1.74 bits per heavy atom. The fraction of sp³-hybridized carbons (Fsp3) is 0.250. The maximum atomic E-state index is 7.30. The van der Waals surface area contributed by atoms with E-state index in [9.17, 15) is 0 Å². The summed E-state index contributed by atoms with van der Waals surface area (Å²) >= 11 is 14.2. The molecule has 0 bridgehead atoms. The Kier molecular flexibility index (Phi) is 4.97. The van der Waals surface area contributed by atoms with Crippen LogP contribution in [-0.4, -0.2) is 27.2 Å². The Bertz CT molecular complexity index is 878. The Morgan fingerprint density at radius 1 is 1.07 bits per heavy atom. The number of hydrogen-bond donors (Lipinski definition) is 2. The topological polar surface area (TPSA) is 53.2 Å². The number of ether oxygens (including phenoxy) is 1. The number of H-pyrrole nitrogens is 1. The van der Waals surface area contributed by atoms with Crippen molar-refractivity contribution >= 4 is 23.2 Å². The van der Waals surface area contributed by atoms with Gasteiger partial charge in [-0.05, 0) is 11.1 Å². The highest BCUT2D eigenvalue weighted by molar-refractivity contribution is 6.34. The van der Waals surface area contributed by atoms with Gasteiger partial charge in [0.2, 0.25) is 5.18 Å². The highest BCUT2D eigenvalue weighted by Gasteiger charge is 2.64. The summed E-state index contributed by atoms with van der Waals surface area (Å²) in [6.45, 7) is 0.551. The Morgan fingerprint density at radius 3 is 2.33 bits per heavy atom. The number of aromatic nitrogens is 2. The molecular weight excluding hydrogens is 383 g/mol. The monoisotopic (exact) mass is 402 g/mol. The van der Waals surface area contributed by atoms with Crippen molar-refractivity contribution in [2.24, 2.45) is 0 Å². The predicted octanol–water partition coefficient (Wildman–Crippen LogP) is 4.14. The first-order valence-electron chi connectivity index (χ1n) is 8.64. The molecule has 0 amide bonds. The number of imidazole rings is 1. The van der Waals surface area contributed by atoms with E-state index in [-0.39, 0.29) is 6.17 Å². The number of nitrogens with one attached hydrogen (secondary N) is 2. The summed E-state index contributed by atoms with van der Waals surface area (Å²) < 4.78 is 5.70. The smallest absolute Gasteiger partial charge is 0.235 e. The lowest BCUT2D eigenvalue weighted by atomic mass is 10.0. The van der Waals surface area contributed by atoms with Gasteiger partial charge in [-0.15, -0.1) is 0 Å². The van der Waals surface area contributed by atoms with E-state index in [1.54, 1.807) is 19.5 Å². The first kappa shape index (κ1) is 18.5. The molecule has 0 saturated carbocycles. The van der Waals surface area contributed by atoms with Gasteiger partial charge in [0.15, 0.2) is 5.00 Å². The molecule has 0 radical (unpaired) electrons. The van der Waals surface area contributed by atoms with Crippen molar-refractivity contribution in [1.29, 1.82) is 0 Å². The Hall–Kier alpha value is -1.89. The molecular formula is C20H20Cl2N4O. The Labute approximate surface area is 168 Å². The third kappa shape index (κ3) is 3.06. The van der Waals surface area contributed by atoms with Gasteiger partial charge in [-0.25, -0.2) is 9.88 Å². The van der Waals surface area contributed by atoms with Crippen LogP contribution in [0.2, 0.25) is 0 Å². The third-order valence-corrected chi connectivity index (χ3v) is 6.20. The quantitative estimate of drug-likeness (QED) is 0.497. The van der Waals surface area contributed by atoms with E-state index in [1.807, 2.05) is 48.5 Å². The molecule has 2 N–H and O–H groups in total. The maximum Gasteiger partial charge on any atom is 0.235 e. The summed E-state index contributed by atoms with van der Waals surface area (Å²) in [6.07, 6.45) is 3.12. The minimum Gasteiger partial charge on any atom is -0.347 e. The largest absolute Gasteiger partial charge is 0.347 e. The molecule has 1 saturated heterocycles. The van der Waals surface area contributed by atoms with Crippen molar-refractivity contribution in [2.75, 3.05) is 7.11 Å². The van der Waals surface area contributed by atoms with Crippen LogP contribution in [0.3, 0.4) is 0 Å². The van der Waals surface area contributed by atoms with Crippen LogP contribution in [0, 0.1) is 0 Å². The number of aromatic amines is 1. The van der Waals surface area contributed by atoms with Gasteiger partial charge in [-0.2, -0.15) is 0 Å². The molecule has 2 heterocycles. The molecule has 140 valence electrons. The van der Waals surface area contributed by atoms with Crippen LogP contribution >= 0.6 is 23.2 Å². The second-order valence-electron chi connectivity index (χ2n) is 6.42. The standard InChI is InChI=1S/C20H20Cl2N4O/c1-27-20(22)19(21,16-10-6-3-7-11-16)26(14-15-8-4-2-5-9-15)18(25-20)17-23-12-13-24-17/h2-13,18,25H,14H2,1H3,(H,23,24). The van der Waals surface area contributed by atoms with Crippen molar-refractivity contribution in [3.05, 3.63) is 90.0 Å². The zero-order chi connectivity index (χ0) is 18.9.